The van der Waals surface area contributed by atoms with Crippen molar-refractivity contribution in [3.8, 4) is 45.7 Å². The normalized spacial score (nSPS) is 11.6. The van der Waals surface area contributed by atoms with Crippen LogP contribution >= 0.6 is 0 Å². The van der Waals surface area contributed by atoms with Crippen molar-refractivity contribution in [2.24, 2.45) is 0 Å². The molecule has 0 N–H and O–H groups in total. The monoisotopic (exact) mass is 640 g/mol. The van der Waals surface area contributed by atoms with Gasteiger partial charge in [-0.05, 0) is 68.0 Å². The lowest BCUT2D eigenvalue weighted by molar-refractivity contribution is 1.05. The molecule has 0 aliphatic carbocycles. The minimum atomic E-state index is 0.536. The molecule has 0 saturated heterocycles. The molecule has 0 bridgehead atoms. The highest BCUT2D eigenvalue weighted by atomic mass is 15.0. The van der Waals surface area contributed by atoms with Gasteiger partial charge in [-0.1, -0.05) is 91.0 Å². The van der Waals surface area contributed by atoms with Crippen LogP contribution in [0.4, 0.5) is 0 Å². The fourth-order valence-electron chi connectivity index (χ4n) is 6.78. The summed E-state index contributed by atoms with van der Waals surface area (Å²) in [5.74, 6) is 2.33. The van der Waals surface area contributed by atoms with Gasteiger partial charge in [0.05, 0.1) is 5.52 Å². The van der Waals surface area contributed by atoms with Crippen LogP contribution in [0.5, 0.6) is 0 Å². The molecule has 8 nitrogen and oxygen atoms in total. The molecule has 8 heteroatoms. The zero-order valence-electron chi connectivity index (χ0n) is 26.4. The van der Waals surface area contributed by atoms with Crippen LogP contribution in [0.2, 0.25) is 0 Å². The predicted octanol–water partition coefficient (Wildman–Crippen LogP) is 9.28. The highest BCUT2D eigenvalue weighted by Gasteiger charge is 2.16. The topological polar surface area (TPSA) is 103 Å². The van der Waals surface area contributed by atoms with E-state index in [0.29, 0.717) is 29.0 Å². The predicted molar refractivity (Wildman–Crippen MR) is 198 cm³/mol. The van der Waals surface area contributed by atoms with E-state index in [0.717, 1.165) is 70.7 Å². The third-order valence-electron chi connectivity index (χ3n) is 9.19. The molecular weight excluding hydrogens is 617 g/mol. The molecule has 0 amide bonds. The number of rotatable bonds is 4. The van der Waals surface area contributed by atoms with Crippen LogP contribution in [-0.2, 0) is 0 Å². The Labute approximate surface area is 285 Å². The fourth-order valence-corrected chi connectivity index (χ4v) is 6.78. The van der Waals surface area contributed by atoms with Gasteiger partial charge in [-0.25, -0.2) is 29.9 Å². The van der Waals surface area contributed by atoms with Crippen molar-refractivity contribution >= 4 is 54.0 Å². The van der Waals surface area contributed by atoms with Gasteiger partial charge in [-0.3, -0.25) is 9.97 Å². The molecule has 0 spiro atoms. The van der Waals surface area contributed by atoms with Crippen molar-refractivity contribution in [1.82, 2.24) is 39.9 Å². The summed E-state index contributed by atoms with van der Waals surface area (Å²) in [6.45, 7) is 0. The number of pyridine rings is 2. The standard InChI is InChI=1S/C42H24N8/c1-2-9-30-21-44-37(20-25(30)7-1)42-48-24-47-41(50-42)35-19-28-14-13-26-17-29(15-16-32(26)38(28)34-11-5-4-10-33(34)35)39-45-23-46-40(49-39)31-18-27-8-3-6-12-36(27)43-22-31/h1-24H. The molecule has 6 aromatic carbocycles. The van der Waals surface area contributed by atoms with Gasteiger partial charge in [0.2, 0.25) is 0 Å². The number of para-hydroxylation sites is 1. The second-order valence-corrected chi connectivity index (χ2v) is 12.2. The van der Waals surface area contributed by atoms with Gasteiger partial charge in [0, 0.05) is 39.9 Å². The first kappa shape index (κ1) is 28.0. The fraction of sp³-hybridized carbons (Fsp3) is 0. The van der Waals surface area contributed by atoms with Crippen LogP contribution in [0.15, 0.2) is 146 Å². The Bertz CT molecular complexity index is 2960. The summed E-state index contributed by atoms with van der Waals surface area (Å²) < 4.78 is 0. The van der Waals surface area contributed by atoms with E-state index in [2.05, 4.69) is 103 Å². The first-order chi connectivity index (χ1) is 24.7. The number of hydrogen-bond donors (Lipinski definition) is 0. The summed E-state index contributed by atoms with van der Waals surface area (Å²) in [7, 11) is 0. The first-order valence-electron chi connectivity index (χ1n) is 16.2. The lowest BCUT2D eigenvalue weighted by atomic mass is 9.92. The van der Waals surface area contributed by atoms with Gasteiger partial charge in [-0.15, -0.1) is 0 Å². The summed E-state index contributed by atoms with van der Waals surface area (Å²) in [6, 6.07) is 41.5. The molecule has 0 atom stereocenters. The van der Waals surface area contributed by atoms with Crippen molar-refractivity contribution in [3.05, 3.63) is 146 Å². The Morgan fingerprint density at radius 3 is 1.94 bits per heavy atom. The Hall–Kier alpha value is -7.06. The maximum atomic E-state index is 4.92. The highest BCUT2D eigenvalue weighted by Crippen LogP contribution is 2.38. The third-order valence-corrected chi connectivity index (χ3v) is 9.19. The molecule has 0 aliphatic rings. The van der Waals surface area contributed by atoms with Gasteiger partial charge >= 0.3 is 0 Å². The van der Waals surface area contributed by atoms with Gasteiger partial charge in [0.15, 0.2) is 23.3 Å². The van der Waals surface area contributed by atoms with Gasteiger partial charge in [-0.2, -0.15) is 0 Å². The van der Waals surface area contributed by atoms with Crippen LogP contribution in [0.1, 0.15) is 0 Å². The van der Waals surface area contributed by atoms with Crippen LogP contribution in [-0.4, -0.2) is 39.9 Å². The molecule has 0 unspecified atom stereocenters. The van der Waals surface area contributed by atoms with Gasteiger partial charge < -0.3 is 0 Å². The van der Waals surface area contributed by atoms with Gasteiger partial charge in [0.25, 0.3) is 0 Å². The summed E-state index contributed by atoms with van der Waals surface area (Å²) in [6.07, 6.45) is 6.80. The van der Waals surface area contributed by atoms with E-state index in [1.165, 1.54) is 0 Å². The Kier molecular flexibility index (Phi) is 6.32. The van der Waals surface area contributed by atoms with Crippen LogP contribution in [0.3, 0.4) is 0 Å². The number of aromatic nitrogens is 8. The number of benzene rings is 6. The molecule has 0 aliphatic heterocycles. The summed E-state index contributed by atoms with van der Waals surface area (Å²) in [5.41, 5.74) is 4.34. The molecule has 0 radical (unpaired) electrons. The molecule has 0 fully saturated rings. The van der Waals surface area contributed by atoms with Crippen molar-refractivity contribution in [1.29, 1.82) is 0 Å². The van der Waals surface area contributed by atoms with Crippen molar-refractivity contribution in [2.45, 2.75) is 0 Å². The van der Waals surface area contributed by atoms with E-state index in [-0.39, 0.29) is 0 Å². The minimum absolute atomic E-state index is 0.536. The summed E-state index contributed by atoms with van der Waals surface area (Å²) in [4.78, 5) is 37.1. The lowest BCUT2D eigenvalue weighted by Crippen LogP contribution is -1.98. The van der Waals surface area contributed by atoms with E-state index >= 15 is 0 Å². The van der Waals surface area contributed by atoms with Crippen LogP contribution in [0.25, 0.3) is 99.7 Å². The molecule has 50 heavy (non-hydrogen) atoms. The zero-order valence-corrected chi connectivity index (χ0v) is 26.4. The van der Waals surface area contributed by atoms with Crippen molar-refractivity contribution < 1.29 is 0 Å². The highest BCUT2D eigenvalue weighted by molar-refractivity contribution is 6.23. The Morgan fingerprint density at radius 1 is 0.360 bits per heavy atom. The second-order valence-electron chi connectivity index (χ2n) is 12.2. The molecule has 10 rings (SSSR count). The minimum Gasteiger partial charge on any atom is -0.255 e. The van der Waals surface area contributed by atoms with Crippen LogP contribution < -0.4 is 0 Å². The smallest absolute Gasteiger partial charge is 0.181 e. The van der Waals surface area contributed by atoms with Gasteiger partial charge in [0.1, 0.15) is 18.3 Å². The van der Waals surface area contributed by atoms with E-state index in [4.69, 9.17) is 9.97 Å². The molecule has 10 aromatic rings. The number of fused-ring (bicyclic) bond motifs is 7. The largest absolute Gasteiger partial charge is 0.255 e. The molecule has 232 valence electrons. The van der Waals surface area contributed by atoms with E-state index in [1.807, 2.05) is 60.9 Å². The first-order valence-corrected chi connectivity index (χ1v) is 16.2. The second kappa shape index (κ2) is 11.3. The van der Waals surface area contributed by atoms with E-state index in [9.17, 15) is 0 Å². The maximum Gasteiger partial charge on any atom is 0.181 e. The summed E-state index contributed by atoms with van der Waals surface area (Å²) >= 11 is 0. The van der Waals surface area contributed by atoms with Crippen molar-refractivity contribution in [3.63, 3.8) is 0 Å². The number of nitrogens with zero attached hydrogens (tertiary/aromatic N) is 8. The summed E-state index contributed by atoms with van der Waals surface area (Å²) in [5, 5.41) is 9.87. The number of hydrogen-bond acceptors (Lipinski definition) is 8. The molecule has 0 saturated carbocycles. The maximum absolute atomic E-state index is 4.92. The lowest BCUT2D eigenvalue weighted by Gasteiger charge is -2.13. The molecular formula is C42H24N8. The average molecular weight is 641 g/mol. The Balaban J connectivity index is 1.07. The SMILES string of the molecule is c1ccc2cc(-c3ncnc(-c4cc5ccc6cc(-c7ncnc(-c8cnc9ccccc9c8)n7)ccc6c5c5ccccc45)n3)ncc2c1. The molecule has 4 aromatic heterocycles. The van der Waals surface area contributed by atoms with Crippen molar-refractivity contribution in [2.75, 3.05) is 0 Å². The van der Waals surface area contributed by atoms with Crippen LogP contribution in [0, 0.1) is 0 Å². The quantitative estimate of drug-likeness (QED) is 0.175. The zero-order chi connectivity index (χ0) is 33.0. The third kappa shape index (κ3) is 4.70. The average Bonchev–Trinajstić information content (AvgIpc) is 3.20. The Morgan fingerprint density at radius 2 is 1.04 bits per heavy atom. The molecule has 4 heterocycles. The van der Waals surface area contributed by atoms with E-state index in [1.54, 1.807) is 12.7 Å². The van der Waals surface area contributed by atoms with E-state index < -0.39 is 0 Å².